The maximum absolute atomic E-state index is 12.6. The molecule has 0 fully saturated rings. The predicted molar refractivity (Wildman–Crippen MR) is 80.5 cm³/mol. The molecule has 0 bridgehead atoms. The quantitative estimate of drug-likeness (QED) is 0.668. The van der Waals surface area contributed by atoms with E-state index in [2.05, 4.69) is 9.19 Å². The van der Waals surface area contributed by atoms with E-state index in [9.17, 15) is 4.21 Å². The van der Waals surface area contributed by atoms with E-state index in [0.717, 1.165) is 19.9 Å². The molecule has 0 spiro atoms. The van der Waals surface area contributed by atoms with Gasteiger partial charge in [0.05, 0.1) is 0 Å². The first kappa shape index (κ1) is 13.7. The molecular weight excluding hydrogens is 359 g/mol. The molecule has 1 aromatic heterocycles. The van der Waals surface area contributed by atoms with Crippen LogP contribution in [0, 0.1) is 0 Å². The normalized spacial score (nSPS) is 12.2. The molecule has 0 radical (unpaired) electrons. The van der Waals surface area contributed by atoms with Gasteiger partial charge in [-0.15, -0.1) is 0 Å². The molecule has 100 valence electrons. The summed E-state index contributed by atoms with van der Waals surface area (Å²) >= 11 is 5.64. The Bertz CT molecular complexity index is 743. The first-order valence-electron chi connectivity index (χ1n) is 5.81. The third kappa shape index (κ3) is 2.76. The standard InChI is InChI=1S/C14H9ClN2OSSe/c15-11-6-8-12(9-7-11)19(18)14-13(16-17-20-14)10-4-2-1-3-5-10/h1-9H. The topological polar surface area (TPSA) is 42.9 Å². The van der Waals surface area contributed by atoms with Crippen LogP contribution in [-0.2, 0) is 10.8 Å². The molecule has 1 atom stereocenters. The summed E-state index contributed by atoms with van der Waals surface area (Å²) in [5, 5.41) is 4.80. The van der Waals surface area contributed by atoms with E-state index in [1.54, 1.807) is 24.3 Å². The second-order valence-corrected chi connectivity index (χ2v) is 8.02. The Labute approximate surface area is 130 Å². The molecule has 2 aromatic carbocycles. The Balaban J connectivity index is 2.02. The van der Waals surface area contributed by atoms with Gasteiger partial charge in [0.15, 0.2) is 0 Å². The SMILES string of the molecule is O=S(c1ccc(Cl)cc1)c1[se]nnc1-c1ccccc1. The summed E-state index contributed by atoms with van der Waals surface area (Å²) in [7, 11) is -1.24. The molecule has 6 heteroatoms. The number of halogens is 1. The van der Waals surface area contributed by atoms with Crippen LogP contribution >= 0.6 is 11.6 Å². The fourth-order valence-electron chi connectivity index (χ4n) is 1.74. The van der Waals surface area contributed by atoms with Crippen LogP contribution in [-0.4, -0.2) is 28.1 Å². The minimum absolute atomic E-state index is 0.213. The molecule has 3 aromatic rings. The summed E-state index contributed by atoms with van der Waals surface area (Å²) in [4.78, 5) is 0.729. The van der Waals surface area contributed by atoms with E-state index >= 15 is 0 Å². The van der Waals surface area contributed by atoms with Gasteiger partial charge in [-0.25, -0.2) is 0 Å². The molecule has 20 heavy (non-hydrogen) atoms. The summed E-state index contributed by atoms with van der Waals surface area (Å²) in [6.07, 6.45) is 0. The van der Waals surface area contributed by atoms with Crippen molar-refractivity contribution < 1.29 is 4.21 Å². The molecule has 0 N–H and O–H groups in total. The van der Waals surface area contributed by atoms with Crippen LogP contribution in [0.25, 0.3) is 11.3 Å². The molecule has 1 heterocycles. The molecule has 3 rings (SSSR count). The number of hydrogen-bond acceptors (Lipinski definition) is 3. The zero-order valence-corrected chi connectivity index (χ0v) is 13.5. The second kappa shape index (κ2) is 6.02. The summed E-state index contributed by atoms with van der Waals surface area (Å²) in [5.41, 5.74) is 1.69. The van der Waals surface area contributed by atoms with Crippen LogP contribution in [0.3, 0.4) is 0 Å². The maximum atomic E-state index is 12.6. The van der Waals surface area contributed by atoms with Crippen molar-refractivity contribution in [3.8, 4) is 11.3 Å². The van der Waals surface area contributed by atoms with Crippen molar-refractivity contribution >= 4 is 37.1 Å². The van der Waals surface area contributed by atoms with Gasteiger partial charge in [0.1, 0.15) is 0 Å². The van der Waals surface area contributed by atoms with Gasteiger partial charge < -0.3 is 0 Å². The van der Waals surface area contributed by atoms with Crippen LogP contribution in [0.2, 0.25) is 5.02 Å². The predicted octanol–water partition coefficient (Wildman–Crippen LogP) is 3.02. The fourth-order valence-corrected chi connectivity index (χ4v) is 5.00. The summed E-state index contributed by atoms with van der Waals surface area (Å²) < 4.78 is 17.5. The van der Waals surface area contributed by atoms with Gasteiger partial charge in [-0.05, 0) is 0 Å². The molecule has 0 aliphatic carbocycles. The van der Waals surface area contributed by atoms with Gasteiger partial charge in [0.2, 0.25) is 0 Å². The van der Waals surface area contributed by atoms with E-state index in [-0.39, 0.29) is 14.7 Å². The van der Waals surface area contributed by atoms with Gasteiger partial charge in [-0.2, -0.15) is 0 Å². The van der Waals surface area contributed by atoms with E-state index in [1.165, 1.54) is 0 Å². The molecule has 0 saturated heterocycles. The average molecular weight is 368 g/mol. The summed E-state index contributed by atoms with van der Waals surface area (Å²) in [6, 6.07) is 16.8. The van der Waals surface area contributed by atoms with Crippen LogP contribution < -0.4 is 0 Å². The third-order valence-electron chi connectivity index (χ3n) is 2.70. The molecule has 3 nitrogen and oxygen atoms in total. The third-order valence-corrected chi connectivity index (χ3v) is 6.62. The van der Waals surface area contributed by atoms with Gasteiger partial charge in [0.25, 0.3) is 0 Å². The molecule has 0 aliphatic rings. The van der Waals surface area contributed by atoms with E-state index < -0.39 is 10.8 Å². The van der Waals surface area contributed by atoms with Gasteiger partial charge in [-0.1, -0.05) is 0 Å². The molecule has 0 amide bonds. The number of rotatable bonds is 3. The molecule has 1 unspecified atom stereocenters. The van der Waals surface area contributed by atoms with Crippen molar-refractivity contribution in [3.05, 3.63) is 59.6 Å². The Hall–Kier alpha value is -1.26. The van der Waals surface area contributed by atoms with Crippen molar-refractivity contribution in [2.45, 2.75) is 8.66 Å². The van der Waals surface area contributed by atoms with Gasteiger partial charge in [-0.3, -0.25) is 0 Å². The van der Waals surface area contributed by atoms with Crippen LogP contribution in [0.5, 0.6) is 0 Å². The number of hydrogen-bond donors (Lipinski definition) is 0. The average Bonchev–Trinajstić information content (AvgIpc) is 2.97. The zero-order chi connectivity index (χ0) is 13.9. The molecule has 0 aliphatic heterocycles. The van der Waals surface area contributed by atoms with E-state index in [1.807, 2.05) is 30.3 Å². The van der Waals surface area contributed by atoms with Crippen LogP contribution in [0.15, 0.2) is 63.3 Å². The Kier molecular flexibility index (Phi) is 4.13. The number of nitrogens with zero attached hydrogens (tertiary/aromatic N) is 2. The van der Waals surface area contributed by atoms with Crippen molar-refractivity contribution in [3.63, 3.8) is 0 Å². The van der Waals surface area contributed by atoms with Gasteiger partial charge >= 0.3 is 130 Å². The molecular formula is C14H9ClN2OSSe. The van der Waals surface area contributed by atoms with Crippen LogP contribution in [0.1, 0.15) is 0 Å². The Morgan fingerprint density at radius 2 is 1.70 bits per heavy atom. The van der Waals surface area contributed by atoms with Crippen molar-refractivity contribution in [1.29, 1.82) is 0 Å². The Morgan fingerprint density at radius 1 is 1.00 bits per heavy atom. The van der Waals surface area contributed by atoms with E-state index in [4.69, 9.17) is 11.6 Å². The van der Waals surface area contributed by atoms with Gasteiger partial charge in [0, 0.05) is 0 Å². The first-order valence-corrected chi connectivity index (χ1v) is 8.96. The van der Waals surface area contributed by atoms with Crippen molar-refractivity contribution in [2.24, 2.45) is 0 Å². The minimum atomic E-state index is -1.24. The monoisotopic (exact) mass is 368 g/mol. The first-order chi connectivity index (χ1) is 9.75. The summed E-state index contributed by atoms with van der Waals surface area (Å²) in [6.45, 7) is 0. The summed E-state index contributed by atoms with van der Waals surface area (Å²) in [5.74, 6) is 0. The van der Waals surface area contributed by atoms with Crippen molar-refractivity contribution in [1.82, 2.24) is 9.19 Å². The number of aromatic nitrogens is 2. The van der Waals surface area contributed by atoms with Crippen molar-refractivity contribution in [2.75, 3.05) is 0 Å². The van der Waals surface area contributed by atoms with E-state index in [0.29, 0.717) is 5.02 Å². The second-order valence-electron chi connectivity index (χ2n) is 4.00. The van der Waals surface area contributed by atoms with Crippen LogP contribution in [0.4, 0.5) is 0 Å². The fraction of sp³-hybridized carbons (Fsp3) is 0. The zero-order valence-electron chi connectivity index (χ0n) is 10.2. The Morgan fingerprint density at radius 3 is 2.40 bits per heavy atom. The molecule has 0 saturated carbocycles. The number of benzene rings is 2.